The monoisotopic (exact) mass is 327 g/mol. The molecule has 0 saturated carbocycles. The van der Waals surface area contributed by atoms with Crippen molar-refractivity contribution in [3.63, 3.8) is 0 Å². The molecule has 3 nitrogen and oxygen atoms in total. The minimum atomic E-state index is -0.0111. The van der Waals surface area contributed by atoms with Gasteiger partial charge in [0.25, 0.3) is 0 Å². The summed E-state index contributed by atoms with van der Waals surface area (Å²) < 4.78 is 5.14. The lowest BCUT2D eigenvalue weighted by Crippen LogP contribution is -1.93. The Kier molecular flexibility index (Phi) is 3.82. The number of H-pyrrole nitrogens is 1. The summed E-state index contributed by atoms with van der Waals surface area (Å²) in [6.45, 7) is 0. The molecule has 1 heterocycles. The Bertz CT molecular complexity index is 1090. The zero-order valence-corrected chi connectivity index (χ0v) is 13.8. The molecule has 122 valence electrons. The van der Waals surface area contributed by atoms with Gasteiger partial charge in [0.05, 0.1) is 7.11 Å². The number of ketones is 1. The summed E-state index contributed by atoms with van der Waals surface area (Å²) in [7, 11) is 1.63. The average Bonchev–Trinajstić information content (AvgIpc) is 3.04. The van der Waals surface area contributed by atoms with Crippen LogP contribution >= 0.6 is 0 Å². The minimum absolute atomic E-state index is 0.0111. The Morgan fingerprint density at radius 3 is 2.48 bits per heavy atom. The number of carbonyl (C=O) groups excluding carboxylic acids is 1. The number of para-hydroxylation sites is 1. The van der Waals surface area contributed by atoms with Gasteiger partial charge in [-0.15, -0.1) is 0 Å². The van der Waals surface area contributed by atoms with Gasteiger partial charge in [0.15, 0.2) is 5.78 Å². The van der Waals surface area contributed by atoms with Crippen LogP contribution in [-0.2, 0) is 0 Å². The minimum Gasteiger partial charge on any atom is -0.497 e. The SMILES string of the molecule is COc1ccc(/C=C/C(=O)c2ccc3[nH]c4ccccc4c3c2)cc1. The van der Waals surface area contributed by atoms with Crippen LogP contribution in [0, 0.1) is 0 Å². The molecule has 0 saturated heterocycles. The van der Waals surface area contributed by atoms with E-state index >= 15 is 0 Å². The Balaban J connectivity index is 1.64. The van der Waals surface area contributed by atoms with Gasteiger partial charge in [-0.1, -0.05) is 36.4 Å². The third-order valence-electron chi connectivity index (χ3n) is 4.33. The molecule has 25 heavy (non-hydrogen) atoms. The van der Waals surface area contributed by atoms with Gasteiger partial charge in [-0.25, -0.2) is 0 Å². The van der Waals surface area contributed by atoms with Crippen molar-refractivity contribution in [1.29, 1.82) is 0 Å². The van der Waals surface area contributed by atoms with Crippen LogP contribution in [0.3, 0.4) is 0 Å². The highest BCUT2D eigenvalue weighted by Gasteiger charge is 2.07. The topological polar surface area (TPSA) is 42.1 Å². The van der Waals surface area contributed by atoms with Crippen LogP contribution in [0.5, 0.6) is 5.75 Å². The molecule has 4 aromatic rings. The van der Waals surface area contributed by atoms with Crippen LogP contribution in [0.2, 0.25) is 0 Å². The number of aromatic amines is 1. The molecular formula is C22H17NO2. The van der Waals surface area contributed by atoms with E-state index in [1.54, 1.807) is 13.2 Å². The second kappa shape index (κ2) is 6.29. The molecule has 0 spiro atoms. The van der Waals surface area contributed by atoms with E-state index in [9.17, 15) is 4.79 Å². The summed E-state index contributed by atoms with van der Waals surface area (Å²) in [6, 6.07) is 21.5. The third-order valence-corrected chi connectivity index (χ3v) is 4.33. The van der Waals surface area contributed by atoms with Gasteiger partial charge >= 0.3 is 0 Å². The van der Waals surface area contributed by atoms with E-state index in [1.165, 1.54) is 0 Å². The number of hydrogen-bond donors (Lipinski definition) is 1. The highest BCUT2D eigenvalue weighted by molar-refractivity contribution is 6.13. The summed E-state index contributed by atoms with van der Waals surface area (Å²) in [5.74, 6) is 0.788. The molecule has 0 atom stereocenters. The maximum absolute atomic E-state index is 12.5. The van der Waals surface area contributed by atoms with Crippen LogP contribution in [0.1, 0.15) is 15.9 Å². The quantitative estimate of drug-likeness (QED) is 0.412. The van der Waals surface area contributed by atoms with Crippen molar-refractivity contribution in [2.75, 3.05) is 7.11 Å². The van der Waals surface area contributed by atoms with Crippen LogP contribution in [0.4, 0.5) is 0 Å². The van der Waals surface area contributed by atoms with E-state index in [4.69, 9.17) is 4.74 Å². The van der Waals surface area contributed by atoms with Crippen molar-refractivity contribution in [2.45, 2.75) is 0 Å². The second-order valence-corrected chi connectivity index (χ2v) is 5.90. The van der Waals surface area contributed by atoms with Crippen LogP contribution in [-0.4, -0.2) is 17.9 Å². The van der Waals surface area contributed by atoms with Crippen molar-refractivity contribution >= 4 is 33.7 Å². The molecule has 0 unspecified atom stereocenters. The molecular weight excluding hydrogens is 310 g/mol. The lowest BCUT2D eigenvalue weighted by Gasteiger charge is -2.00. The summed E-state index contributed by atoms with van der Waals surface area (Å²) >= 11 is 0. The molecule has 0 aliphatic rings. The lowest BCUT2D eigenvalue weighted by atomic mass is 10.1. The molecule has 4 rings (SSSR count). The fraction of sp³-hybridized carbons (Fsp3) is 0.0455. The molecule has 0 aliphatic carbocycles. The predicted octanol–water partition coefficient (Wildman–Crippen LogP) is 5.23. The van der Waals surface area contributed by atoms with Crippen molar-refractivity contribution in [3.8, 4) is 5.75 Å². The summed E-state index contributed by atoms with van der Waals surface area (Å²) in [5.41, 5.74) is 3.76. The van der Waals surface area contributed by atoms with E-state index in [0.717, 1.165) is 33.1 Å². The first-order chi connectivity index (χ1) is 12.2. The van der Waals surface area contributed by atoms with Gasteiger partial charge in [0, 0.05) is 27.4 Å². The number of fused-ring (bicyclic) bond motifs is 3. The number of ether oxygens (including phenoxy) is 1. The molecule has 1 N–H and O–H groups in total. The number of benzene rings is 3. The van der Waals surface area contributed by atoms with Gasteiger partial charge < -0.3 is 9.72 Å². The maximum atomic E-state index is 12.5. The van der Waals surface area contributed by atoms with Crippen LogP contribution < -0.4 is 4.74 Å². The largest absolute Gasteiger partial charge is 0.497 e. The number of hydrogen-bond acceptors (Lipinski definition) is 2. The van der Waals surface area contributed by atoms with E-state index in [-0.39, 0.29) is 5.78 Å². The van der Waals surface area contributed by atoms with Gasteiger partial charge in [-0.3, -0.25) is 4.79 Å². The number of allylic oxidation sites excluding steroid dienone is 1. The van der Waals surface area contributed by atoms with Crippen molar-refractivity contribution in [1.82, 2.24) is 4.98 Å². The summed E-state index contributed by atoms with van der Waals surface area (Å²) in [6.07, 6.45) is 3.43. The number of carbonyl (C=O) groups is 1. The zero-order chi connectivity index (χ0) is 17.2. The number of methoxy groups -OCH3 is 1. The van der Waals surface area contributed by atoms with Gasteiger partial charge in [-0.2, -0.15) is 0 Å². The highest BCUT2D eigenvalue weighted by atomic mass is 16.5. The summed E-state index contributed by atoms with van der Waals surface area (Å²) in [5, 5.41) is 2.20. The van der Waals surface area contributed by atoms with Crippen LogP contribution in [0.25, 0.3) is 27.9 Å². The first kappa shape index (κ1) is 15.2. The molecule has 0 radical (unpaired) electrons. The molecule has 0 amide bonds. The maximum Gasteiger partial charge on any atom is 0.185 e. The number of nitrogens with one attached hydrogen (secondary N) is 1. The first-order valence-corrected chi connectivity index (χ1v) is 8.11. The normalized spacial score (nSPS) is 11.4. The fourth-order valence-corrected chi connectivity index (χ4v) is 2.98. The Hall–Kier alpha value is -3.33. The van der Waals surface area contributed by atoms with E-state index < -0.39 is 0 Å². The van der Waals surface area contributed by atoms with Crippen LogP contribution in [0.15, 0.2) is 72.8 Å². The smallest absolute Gasteiger partial charge is 0.185 e. The summed E-state index contributed by atoms with van der Waals surface area (Å²) in [4.78, 5) is 15.9. The number of aromatic nitrogens is 1. The molecule has 1 aromatic heterocycles. The van der Waals surface area contributed by atoms with Gasteiger partial charge in [0.1, 0.15) is 5.75 Å². The van der Waals surface area contributed by atoms with Crippen molar-refractivity contribution < 1.29 is 9.53 Å². The van der Waals surface area contributed by atoms with Gasteiger partial charge in [0.2, 0.25) is 0 Å². The Morgan fingerprint density at radius 2 is 1.68 bits per heavy atom. The predicted molar refractivity (Wildman–Crippen MR) is 102 cm³/mol. The molecule has 0 fully saturated rings. The molecule has 3 aromatic carbocycles. The van der Waals surface area contributed by atoms with E-state index in [2.05, 4.69) is 11.1 Å². The van der Waals surface area contributed by atoms with E-state index in [0.29, 0.717) is 5.56 Å². The Labute approximate surface area is 145 Å². The number of rotatable bonds is 4. The molecule has 0 bridgehead atoms. The van der Waals surface area contributed by atoms with Crippen molar-refractivity contribution in [2.24, 2.45) is 0 Å². The molecule has 3 heteroatoms. The third kappa shape index (κ3) is 2.92. The van der Waals surface area contributed by atoms with Gasteiger partial charge in [-0.05, 0) is 48.0 Å². The van der Waals surface area contributed by atoms with Crippen molar-refractivity contribution in [3.05, 3.63) is 83.9 Å². The lowest BCUT2D eigenvalue weighted by molar-refractivity contribution is 0.104. The fourth-order valence-electron chi connectivity index (χ4n) is 2.98. The average molecular weight is 327 g/mol. The molecule has 0 aliphatic heterocycles. The zero-order valence-electron chi connectivity index (χ0n) is 13.8. The highest BCUT2D eigenvalue weighted by Crippen LogP contribution is 2.26. The second-order valence-electron chi connectivity index (χ2n) is 5.90. The van der Waals surface area contributed by atoms with E-state index in [1.807, 2.05) is 66.7 Å². The standard InChI is InChI=1S/C22H17NO2/c1-25-17-10-6-15(7-11-17)8-13-22(24)16-9-12-21-19(14-16)18-4-2-3-5-20(18)23-21/h2-14,23H,1H3/b13-8+. The Morgan fingerprint density at radius 1 is 0.920 bits per heavy atom. The first-order valence-electron chi connectivity index (χ1n) is 8.11.